The van der Waals surface area contributed by atoms with Crippen molar-refractivity contribution in [1.82, 2.24) is 15.1 Å². The summed E-state index contributed by atoms with van der Waals surface area (Å²) in [4.78, 5) is 28.0. The first kappa shape index (κ1) is 15.2. The van der Waals surface area contributed by atoms with Crippen LogP contribution in [0.1, 0.15) is 26.7 Å². The number of nitrogens with two attached hydrogens (primary N) is 1. The second-order valence-electron chi connectivity index (χ2n) is 6.06. The van der Waals surface area contributed by atoms with E-state index in [4.69, 9.17) is 18.0 Å². The first-order valence-corrected chi connectivity index (χ1v) is 7.40. The van der Waals surface area contributed by atoms with E-state index in [2.05, 4.69) is 24.1 Å². The first-order valence-electron chi connectivity index (χ1n) is 6.99. The molecule has 0 aromatic heterocycles. The molecular weight excluding hydrogens is 276 g/mol. The number of carbonyl (C=O) groups excluding carboxylic acids is 2. The molecule has 20 heavy (non-hydrogen) atoms. The van der Waals surface area contributed by atoms with Gasteiger partial charge in [-0.25, -0.2) is 4.79 Å². The van der Waals surface area contributed by atoms with E-state index in [1.807, 2.05) is 0 Å². The number of amides is 3. The fourth-order valence-corrected chi connectivity index (χ4v) is 3.08. The standard InChI is InChI=1S/C13H22N4O2S/c1-9(2)7-16-5-3-13(4-6-16)11(18)17(8-10(14)20)12(19)15-13/h9H,3-8H2,1-2H3,(H2,14,20)(H,15,19). The Bertz CT molecular complexity index is 430. The summed E-state index contributed by atoms with van der Waals surface area (Å²) >= 11 is 4.79. The maximum Gasteiger partial charge on any atom is 0.325 e. The second kappa shape index (κ2) is 5.65. The van der Waals surface area contributed by atoms with Gasteiger partial charge >= 0.3 is 6.03 Å². The number of thiocarbonyl (C=S) groups is 1. The number of piperidine rings is 1. The Morgan fingerprint density at radius 3 is 2.50 bits per heavy atom. The van der Waals surface area contributed by atoms with Crippen LogP contribution in [0.15, 0.2) is 0 Å². The van der Waals surface area contributed by atoms with E-state index in [9.17, 15) is 9.59 Å². The van der Waals surface area contributed by atoms with E-state index in [1.165, 1.54) is 0 Å². The molecule has 2 heterocycles. The van der Waals surface area contributed by atoms with Crippen LogP contribution in [-0.2, 0) is 4.79 Å². The van der Waals surface area contributed by atoms with Gasteiger partial charge in [0.15, 0.2) is 0 Å². The zero-order chi connectivity index (χ0) is 14.9. The molecule has 2 saturated heterocycles. The molecular formula is C13H22N4O2S. The van der Waals surface area contributed by atoms with E-state index in [1.54, 1.807) is 0 Å². The van der Waals surface area contributed by atoms with Gasteiger partial charge in [0, 0.05) is 19.6 Å². The Hall–Kier alpha value is -1.21. The lowest BCUT2D eigenvalue weighted by atomic mass is 9.87. The number of rotatable bonds is 4. The lowest BCUT2D eigenvalue weighted by molar-refractivity contribution is -0.132. The Labute approximate surface area is 124 Å². The normalized spacial score (nSPS) is 22.6. The quantitative estimate of drug-likeness (QED) is 0.577. The Morgan fingerprint density at radius 2 is 2.00 bits per heavy atom. The molecule has 0 aromatic rings. The summed E-state index contributed by atoms with van der Waals surface area (Å²) in [5, 5.41) is 2.84. The SMILES string of the molecule is CC(C)CN1CCC2(CC1)NC(=O)N(CC(N)=S)C2=O. The third-order valence-corrected chi connectivity index (χ3v) is 4.02. The summed E-state index contributed by atoms with van der Waals surface area (Å²) in [7, 11) is 0. The van der Waals surface area contributed by atoms with Gasteiger partial charge < -0.3 is 16.0 Å². The molecule has 2 fully saturated rings. The number of imide groups is 1. The van der Waals surface area contributed by atoms with E-state index >= 15 is 0 Å². The second-order valence-corrected chi connectivity index (χ2v) is 6.59. The summed E-state index contributed by atoms with van der Waals surface area (Å²) in [6, 6.07) is -0.375. The summed E-state index contributed by atoms with van der Waals surface area (Å²) < 4.78 is 0. The summed E-state index contributed by atoms with van der Waals surface area (Å²) in [5.41, 5.74) is 4.70. The Kier molecular flexibility index (Phi) is 4.29. The predicted molar refractivity (Wildman–Crippen MR) is 80.3 cm³/mol. The van der Waals surface area contributed by atoms with Crippen molar-refractivity contribution in [2.75, 3.05) is 26.2 Å². The monoisotopic (exact) mass is 298 g/mol. The highest BCUT2D eigenvalue weighted by molar-refractivity contribution is 7.80. The van der Waals surface area contributed by atoms with Crippen LogP contribution in [0.3, 0.4) is 0 Å². The average molecular weight is 298 g/mol. The third-order valence-electron chi connectivity index (χ3n) is 3.89. The highest BCUT2D eigenvalue weighted by Gasteiger charge is 2.52. The number of nitrogens with one attached hydrogen (secondary N) is 1. The van der Waals surface area contributed by atoms with Crippen molar-refractivity contribution >= 4 is 29.1 Å². The van der Waals surface area contributed by atoms with Crippen LogP contribution in [0.4, 0.5) is 4.79 Å². The summed E-state index contributed by atoms with van der Waals surface area (Å²) in [6.07, 6.45) is 1.30. The molecule has 0 saturated carbocycles. The van der Waals surface area contributed by atoms with Crippen LogP contribution in [-0.4, -0.2) is 58.4 Å². The maximum absolute atomic E-state index is 12.5. The van der Waals surface area contributed by atoms with Gasteiger partial charge in [-0.05, 0) is 18.8 Å². The predicted octanol–water partition coefficient (Wildman–Crippen LogP) is 0.315. The van der Waals surface area contributed by atoms with Crippen LogP contribution in [0.2, 0.25) is 0 Å². The minimum absolute atomic E-state index is 0.0253. The van der Waals surface area contributed by atoms with Gasteiger partial charge in [-0.15, -0.1) is 0 Å². The van der Waals surface area contributed by atoms with Crippen LogP contribution in [0.25, 0.3) is 0 Å². The minimum Gasteiger partial charge on any atom is -0.392 e. The van der Waals surface area contributed by atoms with Crippen molar-refractivity contribution in [2.24, 2.45) is 11.7 Å². The lowest BCUT2D eigenvalue weighted by Crippen LogP contribution is -2.55. The minimum atomic E-state index is -0.741. The van der Waals surface area contributed by atoms with Gasteiger partial charge in [0.05, 0.1) is 11.5 Å². The molecule has 3 N–H and O–H groups in total. The van der Waals surface area contributed by atoms with Gasteiger partial charge in [-0.2, -0.15) is 0 Å². The van der Waals surface area contributed by atoms with E-state index < -0.39 is 5.54 Å². The molecule has 0 bridgehead atoms. The zero-order valence-corrected chi connectivity index (χ0v) is 12.8. The zero-order valence-electron chi connectivity index (χ0n) is 12.0. The van der Waals surface area contributed by atoms with Crippen molar-refractivity contribution in [3.63, 3.8) is 0 Å². The summed E-state index contributed by atoms with van der Waals surface area (Å²) in [6.45, 7) is 7.05. The summed E-state index contributed by atoms with van der Waals surface area (Å²) in [5.74, 6) is 0.420. The topological polar surface area (TPSA) is 78.7 Å². The maximum atomic E-state index is 12.5. The van der Waals surface area contributed by atoms with Crippen molar-refractivity contribution in [1.29, 1.82) is 0 Å². The number of likely N-dealkylation sites (tertiary alicyclic amines) is 1. The van der Waals surface area contributed by atoms with Gasteiger partial charge in [-0.1, -0.05) is 26.1 Å². The largest absolute Gasteiger partial charge is 0.392 e. The number of nitrogens with zero attached hydrogens (tertiary/aromatic N) is 2. The molecule has 0 aliphatic carbocycles. The van der Waals surface area contributed by atoms with Gasteiger partial charge in [0.25, 0.3) is 5.91 Å². The number of hydrogen-bond acceptors (Lipinski definition) is 4. The molecule has 6 nitrogen and oxygen atoms in total. The lowest BCUT2D eigenvalue weighted by Gasteiger charge is -2.37. The fraction of sp³-hybridized carbons (Fsp3) is 0.769. The molecule has 2 rings (SSSR count). The fourth-order valence-electron chi connectivity index (χ4n) is 2.95. The van der Waals surface area contributed by atoms with Gasteiger partial charge in [0.1, 0.15) is 5.54 Å². The van der Waals surface area contributed by atoms with Gasteiger partial charge in [-0.3, -0.25) is 9.69 Å². The Morgan fingerprint density at radius 1 is 1.40 bits per heavy atom. The molecule has 2 aliphatic rings. The van der Waals surface area contributed by atoms with Crippen molar-refractivity contribution in [2.45, 2.75) is 32.2 Å². The van der Waals surface area contributed by atoms with Crippen LogP contribution in [0, 0.1) is 5.92 Å². The highest BCUT2D eigenvalue weighted by atomic mass is 32.1. The average Bonchev–Trinajstić information content (AvgIpc) is 2.56. The third kappa shape index (κ3) is 2.93. The molecule has 0 atom stereocenters. The van der Waals surface area contributed by atoms with Crippen LogP contribution < -0.4 is 11.1 Å². The van der Waals surface area contributed by atoms with E-state index in [0.717, 1.165) is 24.5 Å². The van der Waals surface area contributed by atoms with Crippen LogP contribution >= 0.6 is 12.2 Å². The smallest absolute Gasteiger partial charge is 0.325 e. The highest BCUT2D eigenvalue weighted by Crippen LogP contribution is 2.29. The first-order chi connectivity index (χ1) is 9.34. The number of carbonyl (C=O) groups is 2. The van der Waals surface area contributed by atoms with Crippen molar-refractivity contribution in [3.05, 3.63) is 0 Å². The molecule has 0 unspecified atom stereocenters. The van der Waals surface area contributed by atoms with Crippen molar-refractivity contribution in [3.8, 4) is 0 Å². The van der Waals surface area contributed by atoms with Crippen molar-refractivity contribution < 1.29 is 9.59 Å². The molecule has 3 amide bonds. The molecule has 7 heteroatoms. The molecule has 1 spiro atoms. The molecule has 0 aromatic carbocycles. The molecule has 112 valence electrons. The van der Waals surface area contributed by atoms with E-state index in [-0.39, 0.29) is 23.5 Å². The Balaban J connectivity index is 2.02. The number of hydrogen-bond donors (Lipinski definition) is 2. The van der Waals surface area contributed by atoms with Gasteiger partial charge in [0.2, 0.25) is 0 Å². The van der Waals surface area contributed by atoms with E-state index in [0.29, 0.717) is 18.8 Å². The van der Waals surface area contributed by atoms with Crippen LogP contribution in [0.5, 0.6) is 0 Å². The molecule has 2 aliphatic heterocycles. The molecule has 0 radical (unpaired) electrons. The number of urea groups is 1.